The summed E-state index contributed by atoms with van der Waals surface area (Å²) in [6.45, 7) is -0.148. The molecule has 1 aromatic carbocycles. The van der Waals surface area contributed by atoms with Gasteiger partial charge in [-0.2, -0.15) is 13.2 Å². The summed E-state index contributed by atoms with van der Waals surface area (Å²) in [5, 5.41) is 20.4. The highest BCUT2D eigenvalue weighted by molar-refractivity contribution is 8.00. The highest BCUT2D eigenvalue weighted by atomic mass is 32.2. The molecule has 8 heteroatoms. The lowest BCUT2D eigenvalue weighted by Crippen LogP contribution is -2.26. The molecular formula is C10H10F3NO3S. The maximum absolute atomic E-state index is 11.8. The Balaban J connectivity index is 2.43. The molecule has 0 atom stereocenters. The number of hydrogen-bond donors (Lipinski definition) is 3. The van der Waals surface area contributed by atoms with Gasteiger partial charge in [0.05, 0.1) is 0 Å². The Bertz CT molecular complexity index is 437. The topological polar surface area (TPSA) is 69.6 Å². The quantitative estimate of drug-likeness (QED) is 0.584. The second kappa shape index (κ2) is 5.85. The molecule has 4 nitrogen and oxygen atoms in total. The number of benzene rings is 1. The summed E-state index contributed by atoms with van der Waals surface area (Å²) < 4.78 is 35.4. The highest BCUT2D eigenvalue weighted by Crippen LogP contribution is 2.29. The van der Waals surface area contributed by atoms with Crippen molar-refractivity contribution in [3.63, 3.8) is 0 Å². The summed E-state index contributed by atoms with van der Waals surface area (Å²) in [5.41, 5.74) is -4.26. The number of aromatic hydroxyl groups is 2. The van der Waals surface area contributed by atoms with E-state index in [1.54, 1.807) is 0 Å². The van der Waals surface area contributed by atoms with Crippen molar-refractivity contribution in [2.24, 2.45) is 0 Å². The van der Waals surface area contributed by atoms with Gasteiger partial charge in [0.1, 0.15) is 0 Å². The lowest BCUT2D eigenvalue weighted by Gasteiger charge is -2.07. The zero-order valence-electron chi connectivity index (χ0n) is 8.99. The first kappa shape index (κ1) is 14.5. The maximum atomic E-state index is 11.8. The molecule has 3 N–H and O–H groups in total. The third kappa shape index (κ3) is 4.74. The molecule has 0 aliphatic carbocycles. The number of carbonyl (C=O) groups is 1. The van der Waals surface area contributed by atoms with Crippen LogP contribution in [0.3, 0.4) is 0 Å². The minimum absolute atomic E-state index is 0.0577. The fourth-order valence-corrected chi connectivity index (χ4v) is 1.53. The summed E-state index contributed by atoms with van der Waals surface area (Å²) in [5.74, 6) is -1.75. The highest BCUT2D eigenvalue weighted by Gasteiger charge is 2.27. The van der Waals surface area contributed by atoms with E-state index in [9.17, 15) is 18.0 Å². The molecule has 0 saturated heterocycles. The van der Waals surface area contributed by atoms with E-state index in [4.69, 9.17) is 10.2 Å². The van der Waals surface area contributed by atoms with Crippen molar-refractivity contribution in [2.75, 3.05) is 12.3 Å². The van der Waals surface area contributed by atoms with E-state index in [0.29, 0.717) is 0 Å². The molecule has 0 saturated carbocycles. The first-order valence-electron chi connectivity index (χ1n) is 4.80. The van der Waals surface area contributed by atoms with Crippen molar-refractivity contribution >= 4 is 17.7 Å². The zero-order chi connectivity index (χ0) is 13.8. The van der Waals surface area contributed by atoms with Gasteiger partial charge in [0.15, 0.2) is 11.5 Å². The van der Waals surface area contributed by atoms with Crippen LogP contribution in [0.2, 0.25) is 0 Å². The molecule has 0 radical (unpaired) electrons. The van der Waals surface area contributed by atoms with Crippen LogP contribution in [-0.2, 0) is 0 Å². The van der Waals surface area contributed by atoms with Gasteiger partial charge in [-0.15, -0.1) is 0 Å². The number of alkyl halides is 3. The average Bonchev–Trinajstić information content (AvgIpc) is 2.26. The molecule has 1 amide bonds. The van der Waals surface area contributed by atoms with Crippen LogP contribution in [0.25, 0.3) is 0 Å². The van der Waals surface area contributed by atoms with Crippen LogP contribution in [0, 0.1) is 0 Å². The van der Waals surface area contributed by atoms with Crippen LogP contribution in [-0.4, -0.2) is 33.9 Å². The predicted molar refractivity (Wildman–Crippen MR) is 60.6 cm³/mol. The van der Waals surface area contributed by atoms with E-state index in [0.717, 1.165) is 12.1 Å². The third-order valence-electron chi connectivity index (χ3n) is 1.89. The smallest absolute Gasteiger partial charge is 0.441 e. The van der Waals surface area contributed by atoms with E-state index in [1.807, 2.05) is 0 Å². The molecular weight excluding hydrogens is 271 g/mol. The number of phenolic OH excluding ortho intramolecular Hbond substituents is 2. The molecule has 0 aliphatic heterocycles. The number of halogens is 3. The Hall–Kier alpha value is -1.57. The molecule has 0 fully saturated rings. The number of rotatable bonds is 4. The number of thioether (sulfide) groups is 1. The molecule has 0 aliphatic rings. The first-order valence-corrected chi connectivity index (χ1v) is 5.79. The van der Waals surface area contributed by atoms with Crippen molar-refractivity contribution in [1.29, 1.82) is 0 Å². The zero-order valence-corrected chi connectivity index (χ0v) is 9.81. The molecule has 0 heterocycles. The van der Waals surface area contributed by atoms with E-state index < -0.39 is 17.2 Å². The van der Waals surface area contributed by atoms with Crippen molar-refractivity contribution in [3.8, 4) is 11.5 Å². The van der Waals surface area contributed by atoms with Gasteiger partial charge >= 0.3 is 5.51 Å². The normalized spacial score (nSPS) is 11.3. The molecule has 0 bridgehead atoms. The SMILES string of the molecule is O=C(NCCSC(F)(F)F)c1ccc(O)c(O)c1. The van der Waals surface area contributed by atoms with Crippen LogP contribution < -0.4 is 5.32 Å². The Morgan fingerprint density at radius 1 is 1.28 bits per heavy atom. The van der Waals surface area contributed by atoms with Gasteiger partial charge in [-0.25, -0.2) is 0 Å². The molecule has 0 unspecified atom stereocenters. The number of carbonyl (C=O) groups excluding carboxylic acids is 1. The summed E-state index contributed by atoms with van der Waals surface area (Å²) in [6, 6.07) is 3.40. The second-order valence-electron chi connectivity index (χ2n) is 3.25. The van der Waals surface area contributed by atoms with Gasteiger partial charge in [0.25, 0.3) is 5.91 Å². The maximum Gasteiger partial charge on any atom is 0.441 e. The summed E-state index contributed by atoms with van der Waals surface area (Å²) in [4.78, 5) is 11.4. The van der Waals surface area contributed by atoms with E-state index in [1.165, 1.54) is 6.07 Å². The van der Waals surface area contributed by atoms with Gasteiger partial charge in [0, 0.05) is 17.9 Å². The van der Waals surface area contributed by atoms with Crippen LogP contribution in [0.15, 0.2) is 18.2 Å². The number of hydrogen-bond acceptors (Lipinski definition) is 4. The minimum Gasteiger partial charge on any atom is -0.504 e. The molecule has 0 aromatic heterocycles. The minimum atomic E-state index is -4.32. The van der Waals surface area contributed by atoms with Gasteiger partial charge in [-0.1, -0.05) is 0 Å². The molecule has 18 heavy (non-hydrogen) atoms. The standard InChI is InChI=1S/C10H10F3NO3S/c11-10(12,13)18-4-3-14-9(17)6-1-2-7(15)8(16)5-6/h1-2,5,15-16H,3-4H2,(H,14,17). The third-order valence-corrected chi connectivity index (χ3v) is 2.63. The summed E-state index contributed by atoms with van der Waals surface area (Å²) in [6.07, 6.45) is 0. The molecule has 0 spiro atoms. The van der Waals surface area contributed by atoms with Crippen LogP contribution in [0.4, 0.5) is 13.2 Å². The summed E-state index contributed by atoms with van der Waals surface area (Å²) in [7, 11) is 0. The predicted octanol–water partition coefficient (Wildman–Crippen LogP) is 2.08. The first-order chi connectivity index (χ1) is 8.29. The molecule has 1 aromatic rings. The van der Waals surface area contributed by atoms with Crippen molar-refractivity contribution in [3.05, 3.63) is 23.8 Å². The molecule has 100 valence electrons. The lowest BCUT2D eigenvalue weighted by atomic mass is 10.2. The Morgan fingerprint density at radius 2 is 1.94 bits per heavy atom. The Morgan fingerprint density at radius 3 is 2.50 bits per heavy atom. The largest absolute Gasteiger partial charge is 0.504 e. The Labute approximate surface area is 105 Å². The van der Waals surface area contributed by atoms with Crippen molar-refractivity contribution in [1.82, 2.24) is 5.32 Å². The van der Waals surface area contributed by atoms with E-state index >= 15 is 0 Å². The van der Waals surface area contributed by atoms with Crippen LogP contribution in [0.1, 0.15) is 10.4 Å². The number of nitrogens with one attached hydrogen (secondary N) is 1. The van der Waals surface area contributed by atoms with Crippen molar-refractivity contribution < 1.29 is 28.2 Å². The van der Waals surface area contributed by atoms with Gasteiger partial charge in [-0.05, 0) is 30.0 Å². The van der Waals surface area contributed by atoms with Gasteiger partial charge < -0.3 is 15.5 Å². The second-order valence-corrected chi connectivity index (χ2v) is 4.41. The van der Waals surface area contributed by atoms with Crippen LogP contribution >= 0.6 is 11.8 Å². The monoisotopic (exact) mass is 281 g/mol. The average molecular weight is 281 g/mol. The van der Waals surface area contributed by atoms with Gasteiger partial charge in [-0.3, -0.25) is 4.79 Å². The number of phenols is 2. The number of amides is 1. The lowest BCUT2D eigenvalue weighted by molar-refractivity contribution is -0.0327. The van der Waals surface area contributed by atoms with Crippen molar-refractivity contribution in [2.45, 2.75) is 5.51 Å². The van der Waals surface area contributed by atoms with Crippen LogP contribution in [0.5, 0.6) is 11.5 Å². The van der Waals surface area contributed by atoms with E-state index in [-0.39, 0.29) is 35.4 Å². The Kier molecular flexibility index (Phi) is 4.71. The fraction of sp³-hybridized carbons (Fsp3) is 0.300. The van der Waals surface area contributed by atoms with Gasteiger partial charge in [0.2, 0.25) is 0 Å². The summed E-state index contributed by atoms with van der Waals surface area (Å²) >= 11 is -0.228. The molecule has 1 rings (SSSR count). The van der Waals surface area contributed by atoms with E-state index in [2.05, 4.69) is 5.32 Å². The fourth-order valence-electron chi connectivity index (χ4n) is 1.10.